The predicted octanol–water partition coefficient (Wildman–Crippen LogP) is 6.01. The van der Waals surface area contributed by atoms with E-state index in [9.17, 15) is 18.3 Å². The van der Waals surface area contributed by atoms with Gasteiger partial charge in [-0.2, -0.15) is 0 Å². The van der Waals surface area contributed by atoms with Gasteiger partial charge in [0, 0.05) is 5.56 Å². The summed E-state index contributed by atoms with van der Waals surface area (Å²) >= 11 is 0. The van der Waals surface area contributed by atoms with E-state index < -0.39 is 32.7 Å². The van der Waals surface area contributed by atoms with Crippen LogP contribution in [0.15, 0.2) is 83.4 Å². The molecular formula is C33H34N2O5S. The van der Waals surface area contributed by atoms with E-state index in [0.717, 1.165) is 40.7 Å². The lowest BCUT2D eigenvalue weighted by atomic mass is 9.92. The summed E-state index contributed by atoms with van der Waals surface area (Å²) in [6, 6.07) is 25.9. The van der Waals surface area contributed by atoms with Crippen LogP contribution in [0, 0.1) is 6.92 Å². The van der Waals surface area contributed by atoms with Crippen molar-refractivity contribution in [3.05, 3.63) is 101 Å². The number of aliphatic hydroxyl groups is 1. The van der Waals surface area contributed by atoms with Gasteiger partial charge in [-0.05, 0) is 74.1 Å². The highest BCUT2D eigenvalue weighted by Crippen LogP contribution is 2.49. The number of carbonyl (C=O) groups is 1. The normalized spacial score (nSPS) is 16.7. The molecule has 8 heteroatoms. The van der Waals surface area contributed by atoms with Gasteiger partial charge in [0.15, 0.2) is 5.76 Å². The van der Waals surface area contributed by atoms with E-state index in [1.165, 1.54) is 5.56 Å². The van der Waals surface area contributed by atoms with Crippen molar-refractivity contribution in [1.29, 1.82) is 0 Å². The minimum Gasteiger partial charge on any atom is -0.388 e. The lowest BCUT2D eigenvalue weighted by Gasteiger charge is -2.16. The van der Waals surface area contributed by atoms with Crippen LogP contribution in [0.1, 0.15) is 67.0 Å². The number of benzene rings is 3. The maximum absolute atomic E-state index is 12.9. The summed E-state index contributed by atoms with van der Waals surface area (Å²) in [5, 5.41) is 14.7. The molecule has 0 saturated heterocycles. The second-order valence-electron chi connectivity index (χ2n) is 11.3. The molecule has 1 amide bonds. The maximum Gasteiger partial charge on any atom is 0.244 e. The summed E-state index contributed by atoms with van der Waals surface area (Å²) in [6.07, 6.45) is 4.22. The van der Waals surface area contributed by atoms with Crippen LogP contribution in [-0.2, 0) is 26.7 Å². The van der Waals surface area contributed by atoms with E-state index >= 15 is 0 Å². The summed E-state index contributed by atoms with van der Waals surface area (Å²) < 4.78 is 32.5. The number of carbonyl (C=O) groups excluding carboxylic acids is 1. The molecule has 2 aliphatic carbocycles. The Labute approximate surface area is 240 Å². The first-order valence-electron chi connectivity index (χ1n) is 14.2. The molecule has 2 N–H and O–H groups in total. The first-order chi connectivity index (χ1) is 19.8. The third-order valence-corrected chi connectivity index (χ3v) is 10.1. The lowest BCUT2D eigenvalue weighted by Crippen LogP contribution is -2.40. The van der Waals surface area contributed by atoms with E-state index in [1.807, 2.05) is 73.7 Å². The van der Waals surface area contributed by atoms with Crippen molar-refractivity contribution >= 4 is 15.9 Å². The molecule has 212 valence electrons. The molecule has 0 bridgehead atoms. The second-order valence-corrected chi connectivity index (χ2v) is 13.3. The molecule has 1 heterocycles. The first kappa shape index (κ1) is 27.4. The molecule has 1 aromatic heterocycles. The van der Waals surface area contributed by atoms with E-state index in [0.29, 0.717) is 43.6 Å². The fourth-order valence-electron chi connectivity index (χ4n) is 5.52. The molecule has 0 aliphatic heterocycles. The number of nitrogens with zero attached hydrogens (tertiary/aromatic N) is 1. The third-order valence-electron chi connectivity index (χ3n) is 8.33. The van der Waals surface area contributed by atoms with Gasteiger partial charge in [-0.1, -0.05) is 84.0 Å². The third kappa shape index (κ3) is 5.72. The largest absolute Gasteiger partial charge is 0.388 e. The van der Waals surface area contributed by atoms with E-state index in [1.54, 1.807) is 0 Å². The number of hydrogen-bond acceptors (Lipinski definition) is 6. The van der Waals surface area contributed by atoms with Gasteiger partial charge in [0.2, 0.25) is 15.9 Å². The van der Waals surface area contributed by atoms with Crippen LogP contribution in [0.4, 0.5) is 0 Å². The van der Waals surface area contributed by atoms with Crippen molar-refractivity contribution in [3.63, 3.8) is 0 Å². The van der Waals surface area contributed by atoms with Crippen molar-refractivity contribution in [2.24, 2.45) is 0 Å². The SMILES string of the molecule is Cc1noc(-c2ccc(-c3ccc(C4(C(=O)NS(=O)(=O)C5CC5)CC4)cc3)cc2)c1C(O)CCCc1ccccc1. The number of sulfonamides is 1. The standard InChI is InChI=1S/C33H34N2O5S/c1-22-30(29(36)9-5-8-23-6-3-2-4-7-23)31(40-34-22)26-12-10-24(11-13-26)25-14-16-27(17-15-25)33(20-21-33)32(37)35-41(38,39)28-18-19-28/h2-4,6-7,10-17,28-29,36H,5,8-9,18-21H2,1H3,(H,35,37). The number of hydrogen-bond donors (Lipinski definition) is 2. The van der Waals surface area contributed by atoms with Crippen LogP contribution in [0.2, 0.25) is 0 Å². The molecule has 1 unspecified atom stereocenters. The van der Waals surface area contributed by atoms with Crippen LogP contribution < -0.4 is 4.72 Å². The predicted molar refractivity (Wildman–Crippen MR) is 157 cm³/mol. The van der Waals surface area contributed by atoms with Gasteiger partial charge >= 0.3 is 0 Å². The summed E-state index contributed by atoms with van der Waals surface area (Å²) in [7, 11) is -3.57. The number of nitrogens with one attached hydrogen (secondary N) is 1. The maximum atomic E-state index is 12.9. The number of aryl methyl sites for hydroxylation is 2. The molecule has 2 fully saturated rings. The van der Waals surface area contributed by atoms with E-state index in [4.69, 9.17) is 4.52 Å². The topological polar surface area (TPSA) is 110 Å². The highest BCUT2D eigenvalue weighted by Gasteiger charge is 2.53. The van der Waals surface area contributed by atoms with E-state index in [-0.39, 0.29) is 0 Å². The molecule has 0 radical (unpaired) electrons. The lowest BCUT2D eigenvalue weighted by molar-refractivity contribution is -0.121. The Kier molecular flexibility index (Phi) is 7.30. The average Bonchev–Trinajstić information content (AvgIpc) is 3.91. The number of rotatable bonds is 11. The molecular weight excluding hydrogens is 536 g/mol. The zero-order valence-corrected chi connectivity index (χ0v) is 23.9. The van der Waals surface area contributed by atoms with Crippen LogP contribution in [-0.4, -0.2) is 29.8 Å². The van der Waals surface area contributed by atoms with Crippen LogP contribution >= 0.6 is 0 Å². The number of amides is 1. The fraction of sp³-hybridized carbons (Fsp3) is 0.333. The van der Waals surface area contributed by atoms with Gasteiger partial charge in [0.1, 0.15) is 0 Å². The molecule has 2 aliphatic rings. The molecule has 6 rings (SSSR count). The molecule has 41 heavy (non-hydrogen) atoms. The molecule has 7 nitrogen and oxygen atoms in total. The highest BCUT2D eigenvalue weighted by atomic mass is 32.2. The second kappa shape index (κ2) is 10.9. The summed E-state index contributed by atoms with van der Waals surface area (Å²) in [4.78, 5) is 12.9. The Morgan fingerprint density at radius 3 is 2.20 bits per heavy atom. The molecule has 4 aromatic rings. The monoisotopic (exact) mass is 570 g/mol. The van der Waals surface area contributed by atoms with Gasteiger partial charge in [0.25, 0.3) is 0 Å². The smallest absolute Gasteiger partial charge is 0.244 e. The van der Waals surface area contributed by atoms with Gasteiger partial charge in [-0.25, -0.2) is 8.42 Å². The molecule has 2 saturated carbocycles. The first-order valence-corrected chi connectivity index (χ1v) is 15.8. The summed E-state index contributed by atoms with van der Waals surface area (Å²) in [5.74, 6) is 0.168. The van der Waals surface area contributed by atoms with Crippen molar-refractivity contribution in [1.82, 2.24) is 9.88 Å². The van der Waals surface area contributed by atoms with Gasteiger partial charge < -0.3 is 9.63 Å². The highest BCUT2D eigenvalue weighted by molar-refractivity contribution is 7.90. The Bertz CT molecular complexity index is 1640. The average molecular weight is 571 g/mol. The van der Waals surface area contributed by atoms with Gasteiger partial charge in [0.05, 0.1) is 28.0 Å². The number of aliphatic hydroxyl groups excluding tert-OH is 1. The van der Waals surface area contributed by atoms with Crippen molar-refractivity contribution < 1.29 is 22.8 Å². The Balaban J connectivity index is 1.13. The van der Waals surface area contributed by atoms with Crippen LogP contribution in [0.5, 0.6) is 0 Å². The Morgan fingerprint density at radius 2 is 1.59 bits per heavy atom. The number of aromatic nitrogens is 1. The summed E-state index contributed by atoms with van der Waals surface area (Å²) in [6.45, 7) is 1.85. The molecule has 0 spiro atoms. The minimum absolute atomic E-state index is 0.415. The zero-order valence-electron chi connectivity index (χ0n) is 23.0. The molecule has 3 aromatic carbocycles. The molecule has 1 atom stereocenters. The Hall–Kier alpha value is -3.75. The minimum atomic E-state index is -3.57. The zero-order chi connectivity index (χ0) is 28.6. The van der Waals surface area contributed by atoms with E-state index in [2.05, 4.69) is 22.0 Å². The van der Waals surface area contributed by atoms with Crippen molar-refractivity contribution in [2.75, 3.05) is 0 Å². The van der Waals surface area contributed by atoms with Gasteiger partial charge in [-0.15, -0.1) is 0 Å². The van der Waals surface area contributed by atoms with Crippen LogP contribution in [0.3, 0.4) is 0 Å². The Morgan fingerprint density at radius 1 is 0.976 bits per heavy atom. The quantitative estimate of drug-likeness (QED) is 0.228. The van der Waals surface area contributed by atoms with Crippen molar-refractivity contribution in [2.45, 2.75) is 68.6 Å². The van der Waals surface area contributed by atoms with Crippen molar-refractivity contribution in [3.8, 4) is 22.5 Å². The fourth-order valence-corrected chi connectivity index (χ4v) is 6.90. The summed E-state index contributed by atoms with van der Waals surface area (Å²) in [5.41, 5.74) is 5.57. The van der Waals surface area contributed by atoms with Gasteiger partial charge in [-0.3, -0.25) is 9.52 Å². The van der Waals surface area contributed by atoms with Crippen LogP contribution in [0.25, 0.3) is 22.5 Å².